The van der Waals surface area contributed by atoms with E-state index < -0.39 is 0 Å². The van der Waals surface area contributed by atoms with Gasteiger partial charge in [0.15, 0.2) is 0 Å². The molecule has 2 N–H and O–H groups in total. The molecule has 0 radical (unpaired) electrons. The predicted octanol–water partition coefficient (Wildman–Crippen LogP) is 3.66. The number of amides is 2. The molecule has 160 valence electrons. The van der Waals surface area contributed by atoms with E-state index in [4.69, 9.17) is 4.74 Å². The molecule has 1 aromatic rings. The summed E-state index contributed by atoms with van der Waals surface area (Å²) in [6.45, 7) is 1.76. The van der Waals surface area contributed by atoms with Crippen LogP contribution in [0.5, 0.6) is 0 Å². The van der Waals surface area contributed by atoms with Crippen LogP contribution in [0.3, 0.4) is 0 Å². The number of carbonyl (C=O) groups is 2. The van der Waals surface area contributed by atoms with Gasteiger partial charge in [0.05, 0.1) is 19.1 Å². The van der Waals surface area contributed by atoms with Crippen molar-refractivity contribution in [3.63, 3.8) is 0 Å². The number of anilines is 1. The Hall–Kier alpha value is -1.92. The second-order valence-electron chi connectivity index (χ2n) is 8.22. The summed E-state index contributed by atoms with van der Waals surface area (Å²) >= 11 is 0. The number of nitrogens with zero attached hydrogens (tertiary/aromatic N) is 1. The van der Waals surface area contributed by atoms with Gasteiger partial charge in [-0.25, -0.2) is 0 Å². The topological polar surface area (TPSA) is 78.9 Å². The molecule has 0 aromatic heterocycles. The molecule has 1 fully saturated rings. The fourth-order valence-electron chi connectivity index (χ4n) is 4.40. The highest BCUT2D eigenvalue weighted by molar-refractivity contribution is 5.94. The van der Waals surface area contributed by atoms with E-state index in [1.165, 1.54) is 32.1 Å². The minimum absolute atomic E-state index is 0.0186. The van der Waals surface area contributed by atoms with E-state index in [0.717, 1.165) is 30.6 Å². The highest BCUT2D eigenvalue weighted by atomic mass is 16.5. The summed E-state index contributed by atoms with van der Waals surface area (Å²) in [7, 11) is 0. The zero-order valence-electron chi connectivity index (χ0n) is 17.3. The highest BCUT2D eigenvalue weighted by Crippen LogP contribution is 2.32. The fourth-order valence-corrected chi connectivity index (χ4v) is 4.40. The largest absolute Gasteiger partial charge is 0.395 e. The number of hydrogen-bond acceptors (Lipinski definition) is 4. The van der Waals surface area contributed by atoms with Gasteiger partial charge in [-0.05, 0) is 37.7 Å². The van der Waals surface area contributed by atoms with Gasteiger partial charge in [-0.2, -0.15) is 0 Å². The molecule has 0 bridgehead atoms. The van der Waals surface area contributed by atoms with Crippen LogP contribution in [0, 0.1) is 5.92 Å². The Kier molecular flexibility index (Phi) is 8.50. The lowest BCUT2D eigenvalue weighted by Gasteiger charge is -2.29. The number of aliphatic hydroxyl groups is 1. The normalized spacial score (nSPS) is 19.5. The average molecular weight is 403 g/mol. The maximum atomic E-state index is 12.6. The van der Waals surface area contributed by atoms with Crippen LogP contribution in [0.2, 0.25) is 0 Å². The SMILES string of the molecule is O=C1CC(OCCCCC(=O)N(CCO)CC2CCCCC2)c2ccccc2N1. The summed E-state index contributed by atoms with van der Waals surface area (Å²) in [6.07, 6.45) is 8.34. The lowest BCUT2D eigenvalue weighted by atomic mass is 9.89. The van der Waals surface area contributed by atoms with Gasteiger partial charge in [0.25, 0.3) is 0 Å². The van der Waals surface area contributed by atoms with Gasteiger partial charge in [0, 0.05) is 37.4 Å². The molecular weight excluding hydrogens is 368 g/mol. The molecule has 2 aliphatic rings. The number of benzene rings is 1. The van der Waals surface area contributed by atoms with E-state index in [1.54, 1.807) is 0 Å². The number of para-hydroxylation sites is 1. The van der Waals surface area contributed by atoms with Crippen molar-refractivity contribution >= 4 is 17.5 Å². The number of ether oxygens (including phenoxy) is 1. The van der Waals surface area contributed by atoms with Crippen LogP contribution >= 0.6 is 0 Å². The monoisotopic (exact) mass is 402 g/mol. The third-order valence-electron chi connectivity index (χ3n) is 5.98. The molecule has 2 amide bonds. The second kappa shape index (κ2) is 11.3. The molecular formula is C23H34N2O4. The summed E-state index contributed by atoms with van der Waals surface area (Å²) in [4.78, 5) is 26.3. The van der Waals surface area contributed by atoms with Crippen molar-refractivity contribution in [2.75, 3.05) is 31.6 Å². The highest BCUT2D eigenvalue weighted by Gasteiger charge is 2.25. The molecule has 0 spiro atoms. The first kappa shape index (κ1) is 21.8. The van der Waals surface area contributed by atoms with E-state index in [0.29, 0.717) is 31.9 Å². The minimum Gasteiger partial charge on any atom is -0.395 e. The van der Waals surface area contributed by atoms with Crippen molar-refractivity contribution in [1.82, 2.24) is 4.90 Å². The van der Waals surface area contributed by atoms with Crippen LogP contribution in [0.1, 0.15) is 69.5 Å². The number of aliphatic hydroxyl groups excluding tert-OH is 1. The molecule has 6 nitrogen and oxygen atoms in total. The first-order valence-electron chi connectivity index (χ1n) is 11.1. The maximum absolute atomic E-state index is 12.6. The summed E-state index contributed by atoms with van der Waals surface area (Å²) in [6, 6.07) is 7.73. The Morgan fingerprint density at radius 3 is 2.76 bits per heavy atom. The smallest absolute Gasteiger partial charge is 0.227 e. The van der Waals surface area contributed by atoms with Gasteiger partial charge in [0.2, 0.25) is 11.8 Å². The molecule has 6 heteroatoms. The summed E-state index contributed by atoms with van der Waals surface area (Å²) in [5.41, 5.74) is 1.84. The van der Waals surface area contributed by atoms with Gasteiger partial charge in [-0.15, -0.1) is 0 Å². The summed E-state index contributed by atoms with van der Waals surface area (Å²) in [5, 5.41) is 12.2. The number of hydrogen-bond donors (Lipinski definition) is 2. The molecule has 1 heterocycles. The lowest BCUT2D eigenvalue weighted by Crippen LogP contribution is -2.38. The Morgan fingerprint density at radius 2 is 1.97 bits per heavy atom. The molecule has 1 aliphatic carbocycles. The molecule has 3 rings (SSSR count). The zero-order valence-corrected chi connectivity index (χ0v) is 17.3. The van der Waals surface area contributed by atoms with Crippen LogP contribution < -0.4 is 5.32 Å². The van der Waals surface area contributed by atoms with E-state index >= 15 is 0 Å². The third kappa shape index (κ3) is 6.54. The van der Waals surface area contributed by atoms with Crippen LogP contribution in [-0.2, 0) is 14.3 Å². The number of fused-ring (bicyclic) bond motifs is 1. The fraction of sp³-hybridized carbons (Fsp3) is 0.652. The van der Waals surface area contributed by atoms with Crippen molar-refractivity contribution in [1.29, 1.82) is 0 Å². The molecule has 1 saturated carbocycles. The number of rotatable bonds is 10. The van der Waals surface area contributed by atoms with Crippen molar-refractivity contribution in [2.24, 2.45) is 5.92 Å². The molecule has 1 atom stereocenters. The third-order valence-corrected chi connectivity index (χ3v) is 5.98. The summed E-state index contributed by atoms with van der Waals surface area (Å²) < 4.78 is 5.97. The van der Waals surface area contributed by atoms with E-state index in [9.17, 15) is 14.7 Å². The van der Waals surface area contributed by atoms with Crippen molar-refractivity contribution in [2.45, 2.75) is 63.9 Å². The van der Waals surface area contributed by atoms with Gasteiger partial charge in [-0.3, -0.25) is 9.59 Å². The molecule has 29 heavy (non-hydrogen) atoms. The first-order chi connectivity index (χ1) is 14.2. The van der Waals surface area contributed by atoms with Crippen molar-refractivity contribution in [3.05, 3.63) is 29.8 Å². The van der Waals surface area contributed by atoms with E-state index in [-0.39, 0.29) is 24.5 Å². The molecule has 0 saturated heterocycles. The molecule has 1 aliphatic heterocycles. The number of nitrogens with one attached hydrogen (secondary N) is 1. The zero-order chi connectivity index (χ0) is 20.5. The minimum atomic E-state index is -0.215. The van der Waals surface area contributed by atoms with Crippen LogP contribution in [0.4, 0.5) is 5.69 Å². The van der Waals surface area contributed by atoms with E-state index in [1.807, 2.05) is 29.2 Å². The van der Waals surface area contributed by atoms with Crippen molar-refractivity contribution in [3.8, 4) is 0 Å². The van der Waals surface area contributed by atoms with Gasteiger partial charge in [-0.1, -0.05) is 37.5 Å². The number of carbonyl (C=O) groups excluding carboxylic acids is 2. The predicted molar refractivity (Wildman–Crippen MR) is 112 cm³/mol. The van der Waals surface area contributed by atoms with Gasteiger partial charge in [0.1, 0.15) is 0 Å². The Balaban J connectivity index is 1.39. The van der Waals surface area contributed by atoms with Gasteiger partial charge < -0.3 is 20.1 Å². The lowest BCUT2D eigenvalue weighted by molar-refractivity contribution is -0.132. The van der Waals surface area contributed by atoms with Crippen LogP contribution in [0.25, 0.3) is 0 Å². The Morgan fingerprint density at radius 1 is 1.17 bits per heavy atom. The van der Waals surface area contributed by atoms with Gasteiger partial charge >= 0.3 is 0 Å². The summed E-state index contributed by atoms with van der Waals surface area (Å²) in [5.74, 6) is 0.693. The average Bonchev–Trinajstić information content (AvgIpc) is 2.73. The molecule has 1 aromatic carbocycles. The quantitative estimate of drug-likeness (QED) is 0.586. The molecule has 1 unspecified atom stereocenters. The van der Waals surface area contributed by atoms with E-state index in [2.05, 4.69) is 5.32 Å². The maximum Gasteiger partial charge on any atom is 0.227 e. The number of unbranched alkanes of at least 4 members (excludes halogenated alkanes) is 1. The Bertz CT molecular complexity index is 673. The Labute approximate surface area is 173 Å². The van der Waals surface area contributed by atoms with Crippen LogP contribution in [-0.4, -0.2) is 48.1 Å². The van der Waals surface area contributed by atoms with Crippen molar-refractivity contribution < 1.29 is 19.4 Å². The van der Waals surface area contributed by atoms with Crippen LogP contribution in [0.15, 0.2) is 24.3 Å². The standard InChI is InChI=1S/C23H34N2O4/c26-14-13-25(17-18-8-2-1-3-9-18)23(28)12-6-7-15-29-21-16-22(27)24-20-11-5-4-10-19(20)21/h4-5,10-11,18,21,26H,1-3,6-9,12-17H2,(H,24,27). The first-order valence-corrected chi connectivity index (χ1v) is 11.1. The second-order valence-corrected chi connectivity index (χ2v) is 8.22.